The van der Waals surface area contributed by atoms with Gasteiger partial charge >= 0.3 is 0 Å². The second-order valence-corrected chi connectivity index (χ2v) is 11.1. The first-order valence-corrected chi connectivity index (χ1v) is 15.0. The van der Waals surface area contributed by atoms with Gasteiger partial charge in [-0.15, -0.1) is 0 Å². The van der Waals surface area contributed by atoms with E-state index in [9.17, 15) is 0 Å². The fourth-order valence-electron chi connectivity index (χ4n) is 6.31. The summed E-state index contributed by atoms with van der Waals surface area (Å²) in [5.74, 6) is 0. The average molecular weight is 563 g/mol. The molecule has 1 N–H and O–H groups in total. The highest BCUT2D eigenvalue weighted by Crippen LogP contribution is 2.41. The van der Waals surface area contributed by atoms with E-state index in [1.807, 2.05) is 0 Å². The minimum Gasteiger partial charge on any atom is -0.355 e. The Balaban J connectivity index is 1.27. The smallest absolute Gasteiger partial charge is 0.0619 e. The van der Waals surface area contributed by atoms with Gasteiger partial charge in [-0.3, -0.25) is 0 Å². The number of hydrogen-bond acceptors (Lipinski definition) is 1. The molecule has 0 amide bonds. The van der Waals surface area contributed by atoms with Crippen LogP contribution in [0.5, 0.6) is 0 Å². The molecule has 0 aliphatic rings. The van der Waals surface area contributed by atoms with Crippen LogP contribution in [0.15, 0.2) is 176 Å². The van der Waals surface area contributed by atoms with E-state index in [2.05, 4.69) is 186 Å². The van der Waals surface area contributed by atoms with Gasteiger partial charge in [0.15, 0.2) is 0 Å². The first kappa shape index (κ1) is 25.8. The van der Waals surface area contributed by atoms with Crippen molar-refractivity contribution in [2.75, 3.05) is 5.32 Å². The molecule has 8 rings (SSSR count). The molecule has 1 heterocycles. The van der Waals surface area contributed by atoms with E-state index in [1.165, 1.54) is 49.6 Å². The molecule has 0 spiro atoms. The third-order valence-corrected chi connectivity index (χ3v) is 8.40. The maximum Gasteiger partial charge on any atom is 0.0619 e. The van der Waals surface area contributed by atoms with Crippen LogP contribution in [0.25, 0.3) is 60.9 Å². The molecule has 208 valence electrons. The van der Waals surface area contributed by atoms with Crippen LogP contribution in [0, 0.1) is 0 Å². The fraction of sp³-hybridized carbons (Fsp3) is 0. The van der Waals surface area contributed by atoms with Crippen molar-refractivity contribution >= 4 is 33.2 Å². The summed E-state index contributed by atoms with van der Waals surface area (Å²) in [5.41, 5.74) is 12.9. The standard InChI is InChI=1S/C42H30N2/c1-4-13-30(14-5-1)31-23-26-34(27-24-31)43-40-28-25-33(29-39(40)32-15-6-2-7-16-32)36-20-12-21-38-37-19-10-11-22-41(37)44(42(36)38)35-17-8-3-9-18-35/h1-29,43H. The second-order valence-electron chi connectivity index (χ2n) is 11.1. The molecule has 0 saturated heterocycles. The zero-order valence-corrected chi connectivity index (χ0v) is 24.2. The molecule has 0 aliphatic heterocycles. The molecule has 0 bridgehead atoms. The lowest BCUT2D eigenvalue weighted by Gasteiger charge is -2.16. The van der Waals surface area contributed by atoms with Crippen LogP contribution in [-0.2, 0) is 0 Å². The number of benzene rings is 7. The number of aromatic nitrogens is 1. The van der Waals surface area contributed by atoms with Gasteiger partial charge in [-0.2, -0.15) is 0 Å². The normalized spacial score (nSPS) is 11.2. The van der Waals surface area contributed by atoms with Gasteiger partial charge in [0.1, 0.15) is 0 Å². The predicted molar refractivity (Wildman–Crippen MR) is 187 cm³/mol. The number of fused-ring (bicyclic) bond motifs is 3. The Morgan fingerprint density at radius 1 is 0.386 bits per heavy atom. The largest absolute Gasteiger partial charge is 0.355 e. The number of rotatable bonds is 6. The zero-order valence-electron chi connectivity index (χ0n) is 24.2. The summed E-state index contributed by atoms with van der Waals surface area (Å²) in [7, 11) is 0. The highest BCUT2D eigenvalue weighted by molar-refractivity contribution is 6.14. The van der Waals surface area contributed by atoms with Crippen LogP contribution in [0.2, 0.25) is 0 Å². The maximum atomic E-state index is 3.72. The van der Waals surface area contributed by atoms with E-state index in [1.54, 1.807) is 0 Å². The molecule has 0 saturated carbocycles. The molecule has 0 aliphatic carbocycles. The Labute approximate surface area is 257 Å². The summed E-state index contributed by atoms with van der Waals surface area (Å²) in [6.45, 7) is 0. The number of nitrogens with zero attached hydrogens (tertiary/aromatic N) is 1. The number of nitrogens with one attached hydrogen (secondary N) is 1. The third kappa shape index (κ3) is 4.63. The van der Waals surface area contributed by atoms with Crippen LogP contribution in [0.3, 0.4) is 0 Å². The monoisotopic (exact) mass is 562 g/mol. The highest BCUT2D eigenvalue weighted by Gasteiger charge is 2.17. The van der Waals surface area contributed by atoms with Gasteiger partial charge in [-0.1, -0.05) is 133 Å². The Morgan fingerprint density at radius 2 is 0.977 bits per heavy atom. The van der Waals surface area contributed by atoms with Gasteiger partial charge < -0.3 is 9.88 Å². The molecule has 2 nitrogen and oxygen atoms in total. The van der Waals surface area contributed by atoms with Crippen molar-refractivity contribution in [3.63, 3.8) is 0 Å². The van der Waals surface area contributed by atoms with Crippen molar-refractivity contribution in [2.24, 2.45) is 0 Å². The summed E-state index contributed by atoms with van der Waals surface area (Å²) < 4.78 is 2.41. The van der Waals surface area contributed by atoms with Gasteiger partial charge in [-0.05, 0) is 64.7 Å². The molecule has 0 atom stereocenters. The van der Waals surface area contributed by atoms with E-state index >= 15 is 0 Å². The molecule has 7 aromatic carbocycles. The first-order chi connectivity index (χ1) is 21.8. The Bertz CT molecular complexity index is 2210. The topological polar surface area (TPSA) is 17.0 Å². The molecule has 0 fully saturated rings. The lowest BCUT2D eigenvalue weighted by Crippen LogP contribution is -1.97. The highest BCUT2D eigenvalue weighted by atomic mass is 15.0. The van der Waals surface area contributed by atoms with E-state index in [0.29, 0.717) is 0 Å². The van der Waals surface area contributed by atoms with Crippen molar-refractivity contribution in [3.05, 3.63) is 176 Å². The van der Waals surface area contributed by atoms with Crippen molar-refractivity contribution in [2.45, 2.75) is 0 Å². The van der Waals surface area contributed by atoms with Crippen LogP contribution in [0.1, 0.15) is 0 Å². The van der Waals surface area contributed by atoms with Crippen molar-refractivity contribution in [3.8, 4) is 39.1 Å². The Kier molecular flexibility index (Phi) is 6.51. The maximum absolute atomic E-state index is 3.72. The van der Waals surface area contributed by atoms with Crippen LogP contribution in [-0.4, -0.2) is 4.57 Å². The van der Waals surface area contributed by atoms with Gasteiger partial charge in [-0.25, -0.2) is 0 Å². The van der Waals surface area contributed by atoms with Gasteiger partial charge in [0, 0.05) is 39.0 Å². The molecule has 0 radical (unpaired) electrons. The van der Waals surface area contributed by atoms with Crippen LogP contribution >= 0.6 is 0 Å². The second kappa shape index (κ2) is 11.1. The summed E-state index contributed by atoms with van der Waals surface area (Å²) >= 11 is 0. The number of para-hydroxylation sites is 3. The van der Waals surface area contributed by atoms with Crippen LogP contribution < -0.4 is 5.32 Å². The minimum absolute atomic E-state index is 1.06. The quantitative estimate of drug-likeness (QED) is 0.213. The molecule has 2 heteroatoms. The number of anilines is 2. The Hall–Kier alpha value is -5.86. The molecule has 0 unspecified atom stereocenters. The summed E-state index contributed by atoms with van der Waals surface area (Å²) in [5, 5.41) is 6.23. The van der Waals surface area contributed by atoms with Crippen LogP contribution in [0.4, 0.5) is 11.4 Å². The summed E-state index contributed by atoms with van der Waals surface area (Å²) in [4.78, 5) is 0. The first-order valence-electron chi connectivity index (χ1n) is 15.0. The zero-order chi connectivity index (χ0) is 29.3. The van der Waals surface area contributed by atoms with Gasteiger partial charge in [0.25, 0.3) is 0 Å². The predicted octanol–water partition coefficient (Wildman–Crippen LogP) is 11.5. The minimum atomic E-state index is 1.06. The third-order valence-electron chi connectivity index (χ3n) is 8.40. The Morgan fingerprint density at radius 3 is 1.73 bits per heavy atom. The van der Waals surface area contributed by atoms with E-state index in [-0.39, 0.29) is 0 Å². The molecule has 8 aromatic rings. The van der Waals surface area contributed by atoms with Crippen molar-refractivity contribution < 1.29 is 0 Å². The van der Waals surface area contributed by atoms with E-state index < -0.39 is 0 Å². The van der Waals surface area contributed by atoms with Crippen molar-refractivity contribution in [1.82, 2.24) is 4.57 Å². The summed E-state index contributed by atoms with van der Waals surface area (Å²) in [6, 6.07) is 62.7. The van der Waals surface area contributed by atoms with Crippen molar-refractivity contribution in [1.29, 1.82) is 0 Å². The van der Waals surface area contributed by atoms with Gasteiger partial charge in [0.05, 0.1) is 11.0 Å². The number of hydrogen-bond donors (Lipinski definition) is 1. The molecular formula is C42H30N2. The summed E-state index contributed by atoms with van der Waals surface area (Å²) in [6.07, 6.45) is 0. The van der Waals surface area contributed by atoms with E-state index in [0.717, 1.165) is 22.6 Å². The lowest BCUT2D eigenvalue weighted by molar-refractivity contribution is 1.18. The van der Waals surface area contributed by atoms with E-state index in [4.69, 9.17) is 0 Å². The SMILES string of the molecule is c1ccc(-c2ccc(Nc3ccc(-c4cccc5c6ccccc6n(-c6ccccc6)c45)cc3-c3ccccc3)cc2)cc1. The molecular weight excluding hydrogens is 532 g/mol. The lowest BCUT2D eigenvalue weighted by atomic mass is 9.95. The average Bonchev–Trinajstić information content (AvgIpc) is 3.45. The van der Waals surface area contributed by atoms with Gasteiger partial charge in [0.2, 0.25) is 0 Å². The fourth-order valence-corrected chi connectivity index (χ4v) is 6.31. The molecule has 1 aromatic heterocycles. The molecule has 44 heavy (non-hydrogen) atoms.